The molecule has 0 aliphatic carbocycles. The van der Waals surface area contributed by atoms with E-state index in [-0.39, 0.29) is 31.9 Å². The van der Waals surface area contributed by atoms with Gasteiger partial charge in [-0.2, -0.15) is 4.80 Å². The standard InChI is InChI=1S/C20H22F2N6O3/c1-14(26-31-12-15-3-6-17(7-4-15)20(2,21)22)16-5-8-19(23-11-16)30-13-18-24-27-28(25-18)9-10-29/h3-8,11,29H,9-10,12-13H2,1-2H3/b26-14+. The molecule has 1 N–H and O–H groups in total. The smallest absolute Gasteiger partial charge is 0.270 e. The van der Waals surface area contributed by atoms with Crippen LogP contribution in [0.15, 0.2) is 47.8 Å². The number of halogens is 2. The molecule has 0 aliphatic heterocycles. The lowest BCUT2D eigenvalue weighted by atomic mass is 10.1. The van der Waals surface area contributed by atoms with Crippen molar-refractivity contribution < 1.29 is 23.5 Å². The minimum atomic E-state index is -2.87. The van der Waals surface area contributed by atoms with Crippen LogP contribution in [0.5, 0.6) is 5.88 Å². The molecule has 0 radical (unpaired) electrons. The number of oxime groups is 1. The number of aliphatic hydroxyl groups excluding tert-OH is 1. The topological polar surface area (TPSA) is 108 Å². The van der Waals surface area contributed by atoms with Crippen LogP contribution in [0.4, 0.5) is 8.78 Å². The summed E-state index contributed by atoms with van der Waals surface area (Å²) >= 11 is 0. The molecule has 9 nitrogen and oxygen atoms in total. The van der Waals surface area contributed by atoms with E-state index >= 15 is 0 Å². The molecular weight excluding hydrogens is 410 g/mol. The summed E-state index contributed by atoms with van der Waals surface area (Å²) in [6.07, 6.45) is 1.59. The van der Waals surface area contributed by atoms with Gasteiger partial charge in [0.05, 0.1) is 18.9 Å². The third-order valence-corrected chi connectivity index (χ3v) is 4.19. The van der Waals surface area contributed by atoms with Crippen molar-refractivity contribution in [2.75, 3.05) is 6.61 Å². The largest absolute Gasteiger partial charge is 0.469 e. The molecule has 0 spiro atoms. The number of benzene rings is 1. The van der Waals surface area contributed by atoms with Gasteiger partial charge < -0.3 is 14.7 Å². The highest BCUT2D eigenvalue weighted by Gasteiger charge is 2.23. The van der Waals surface area contributed by atoms with Gasteiger partial charge >= 0.3 is 0 Å². The summed E-state index contributed by atoms with van der Waals surface area (Å²) in [5, 5.41) is 24.5. The molecule has 11 heteroatoms. The number of pyridine rings is 1. The Morgan fingerprint density at radius 2 is 1.94 bits per heavy atom. The summed E-state index contributed by atoms with van der Waals surface area (Å²) in [5.41, 5.74) is 2.02. The minimum absolute atomic E-state index is 0.0464. The van der Waals surface area contributed by atoms with Gasteiger partial charge in [0.25, 0.3) is 5.92 Å². The summed E-state index contributed by atoms with van der Waals surface area (Å²) in [6.45, 7) is 3.07. The average molecular weight is 432 g/mol. The molecule has 0 unspecified atom stereocenters. The number of tetrazole rings is 1. The van der Waals surface area contributed by atoms with E-state index in [0.717, 1.165) is 18.1 Å². The van der Waals surface area contributed by atoms with Crippen molar-refractivity contribution in [3.63, 3.8) is 0 Å². The van der Waals surface area contributed by atoms with Gasteiger partial charge in [-0.3, -0.25) is 0 Å². The third-order valence-electron chi connectivity index (χ3n) is 4.19. The molecule has 2 heterocycles. The van der Waals surface area contributed by atoms with Gasteiger partial charge in [-0.1, -0.05) is 29.4 Å². The number of aromatic nitrogens is 5. The van der Waals surface area contributed by atoms with Crippen LogP contribution in [0.3, 0.4) is 0 Å². The van der Waals surface area contributed by atoms with E-state index < -0.39 is 5.92 Å². The minimum Gasteiger partial charge on any atom is -0.469 e. The Morgan fingerprint density at radius 3 is 2.58 bits per heavy atom. The summed E-state index contributed by atoms with van der Waals surface area (Å²) < 4.78 is 32.0. The van der Waals surface area contributed by atoms with E-state index in [1.807, 2.05) is 0 Å². The molecule has 0 bridgehead atoms. The van der Waals surface area contributed by atoms with Crippen LogP contribution in [0, 0.1) is 0 Å². The lowest BCUT2D eigenvalue weighted by molar-refractivity contribution is 0.0174. The van der Waals surface area contributed by atoms with Gasteiger partial charge in [0.15, 0.2) is 6.61 Å². The van der Waals surface area contributed by atoms with E-state index in [2.05, 4.69) is 25.6 Å². The normalized spacial score (nSPS) is 12.1. The number of hydrogen-bond donors (Lipinski definition) is 1. The number of nitrogens with zero attached hydrogens (tertiary/aromatic N) is 6. The predicted octanol–water partition coefficient (Wildman–Crippen LogP) is 2.69. The van der Waals surface area contributed by atoms with Crippen LogP contribution < -0.4 is 4.74 Å². The molecule has 0 atom stereocenters. The van der Waals surface area contributed by atoms with Crippen molar-refractivity contribution in [2.24, 2.45) is 5.16 Å². The monoisotopic (exact) mass is 432 g/mol. The first-order chi connectivity index (χ1) is 14.8. The van der Waals surface area contributed by atoms with Crippen molar-refractivity contribution in [2.45, 2.75) is 39.5 Å². The number of aliphatic hydroxyl groups is 1. The zero-order chi connectivity index (χ0) is 22.3. The Labute approximate surface area is 177 Å². The molecule has 0 saturated heterocycles. The molecule has 3 aromatic rings. The fraction of sp³-hybridized carbons (Fsp3) is 0.350. The molecule has 164 valence electrons. The maximum absolute atomic E-state index is 13.2. The summed E-state index contributed by atoms with van der Waals surface area (Å²) in [4.78, 5) is 10.8. The zero-order valence-electron chi connectivity index (χ0n) is 17.1. The van der Waals surface area contributed by atoms with Gasteiger partial charge in [-0.05, 0) is 23.8 Å². The van der Waals surface area contributed by atoms with Crippen LogP contribution >= 0.6 is 0 Å². The Hall–Kier alpha value is -3.47. The summed E-state index contributed by atoms with van der Waals surface area (Å²) in [5.74, 6) is -2.11. The molecule has 3 rings (SSSR count). The molecule has 0 saturated carbocycles. The second-order valence-corrected chi connectivity index (χ2v) is 6.73. The lowest BCUT2D eigenvalue weighted by Gasteiger charge is -2.10. The van der Waals surface area contributed by atoms with E-state index in [4.69, 9.17) is 14.7 Å². The third kappa shape index (κ3) is 6.51. The zero-order valence-corrected chi connectivity index (χ0v) is 17.1. The first-order valence-corrected chi connectivity index (χ1v) is 9.45. The number of ether oxygens (including phenoxy) is 1. The van der Waals surface area contributed by atoms with Crippen molar-refractivity contribution >= 4 is 5.71 Å². The Balaban J connectivity index is 1.49. The van der Waals surface area contributed by atoms with E-state index in [0.29, 0.717) is 17.4 Å². The number of rotatable bonds is 10. The molecular formula is C20H22F2N6O3. The van der Waals surface area contributed by atoms with Crippen molar-refractivity contribution in [1.82, 2.24) is 25.2 Å². The van der Waals surface area contributed by atoms with E-state index in [1.54, 1.807) is 37.4 Å². The Kier molecular flexibility index (Phi) is 7.19. The Morgan fingerprint density at radius 1 is 1.16 bits per heavy atom. The maximum Gasteiger partial charge on any atom is 0.270 e. The average Bonchev–Trinajstić information content (AvgIpc) is 3.20. The Bertz CT molecular complexity index is 1000. The lowest BCUT2D eigenvalue weighted by Crippen LogP contribution is -2.07. The fourth-order valence-corrected chi connectivity index (χ4v) is 2.49. The van der Waals surface area contributed by atoms with Crippen molar-refractivity contribution in [3.05, 3.63) is 65.1 Å². The fourth-order valence-electron chi connectivity index (χ4n) is 2.49. The van der Waals surface area contributed by atoms with Crippen LogP contribution in [0.1, 0.15) is 36.4 Å². The first kappa shape index (κ1) is 22.2. The quantitative estimate of drug-likeness (QED) is 0.388. The van der Waals surface area contributed by atoms with Gasteiger partial charge in [0.2, 0.25) is 11.7 Å². The first-order valence-electron chi connectivity index (χ1n) is 9.45. The van der Waals surface area contributed by atoms with E-state index in [1.165, 1.54) is 16.9 Å². The highest BCUT2D eigenvalue weighted by Crippen LogP contribution is 2.26. The maximum atomic E-state index is 13.2. The molecule has 1 aromatic carbocycles. The second kappa shape index (κ2) is 10.0. The predicted molar refractivity (Wildman–Crippen MR) is 106 cm³/mol. The van der Waals surface area contributed by atoms with Gasteiger partial charge in [0, 0.05) is 30.3 Å². The van der Waals surface area contributed by atoms with Crippen LogP contribution in [0.2, 0.25) is 0 Å². The SMILES string of the molecule is C/C(=N\OCc1ccc(C(C)(F)F)cc1)c1ccc(OCc2nnn(CCO)n2)nc1. The van der Waals surface area contributed by atoms with Gasteiger partial charge in [0.1, 0.15) is 6.61 Å². The highest BCUT2D eigenvalue weighted by atomic mass is 19.3. The summed E-state index contributed by atoms with van der Waals surface area (Å²) in [6, 6.07) is 9.38. The van der Waals surface area contributed by atoms with Crippen molar-refractivity contribution in [1.29, 1.82) is 0 Å². The number of alkyl halides is 2. The van der Waals surface area contributed by atoms with E-state index in [9.17, 15) is 8.78 Å². The van der Waals surface area contributed by atoms with Crippen LogP contribution in [-0.4, -0.2) is 42.6 Å². The second-order valence-electron chi connectivity index (χ2n) is 6.73. The van der Waals surface area contributed by atoms with Crippen LogP contribution in [0.25, 0.3) is 0 Å². The molecule has 0 fully saturated rings. The molecule has 0 aliphatic rings. The molecule has 31 heavy (non-hydrogen) atoms. The molecule has 0 amide bonds. The summed E-state index contributed by atoms with van der Waals surface area (Å²) in [7, 11) is 0. The van der Waals surface area contributed by atoms with Gasteiger partial charge in [-0.15, -0.1) is 10.2 Å². The number of hydrogen-bond acceptors (Lipinski definition) is 8. The van der Waals surface area contributed by atoms with Crippen molar-refractivity contribution in [3.8, 4) is 5.88 Å². The molecule has 2 aromatic heterocycles. The van der Waals surface area contributed by atoms with Crippen LogP contribution in [-0.2, 0) is 30.5 Å². The highest BCUT2D eigenvalue weighted by molar-refractivity contribution is 5.98. The van der Waals surface area contributed by atoms with Gasteiger partial charge in [-0.25, -0.2) is 13.8 Å².